The second-order valence-corrected chi connectivity index (χ2v) is 6.66. The Balaban J connectivity index is 1.68. The van der Waals surface area contributed by atoms with Crippen LogP contribution in [0.4, 0.5) is 0 Å². The quantitative estimate of drug-likeness (QED) is 0.458. The molecule has 0 aromatic carbocycles. The van der Waals surface area contributed by atoms with Gasteiger partial charge in [-0.05, 0) is 37.5 Å². The summed E-state index contributed by atoms with van der Waals surface area (Å²) >= 11 is 0. The molecule has 0 saturated heterocycles. The van der Waals surface area contributed by atoms with Crippen LogP contribution in [0.25, 0.3) is 0 Å². The van der Waals surface area contributed by atoms with Crippen LogP contribution in [-0.2, 0) is 19.6 Å². The maximum absolute atomic E-state index is 11.7. The molecule has 6 heteroatoms. The second-order valence-electron chi connectivity index (χ2n) is 5.09. The lowest BCUT2D eigenvalue weighted by atomic mass is 9.89. The molecule has 0 amide bonds. The smallest absolute Gasteiger partial charge is 0.309 e. The first-order valence-corrected chi connectivity index (χ1v) is 7.68. The van der Waals surface area contributed by atoms with Crippen LogP contribution in [0.15, 0.2) is 0 Å². The maximum Gasteiger partial charge on any atom is 0.309 e. The predicted molar refractivity (Wildman–Crippen MR) is 60.9 cm³/mol. The largest absolute Gasteiger partial charge is 0.465 e. The Hall–Kier alpha value is -0.620. The van der Waals surface area contributed by atoms with Gasteiger partial charge in [0.2, 0.25) is 0 Å². The fourth-order valence-electron chi connectivity index (χ4n) is 3.05. The van der Waals surface area contributed by atoms with Crippen LogP contribution in [0.3, 0.4) is 0 Å². The van der Waals surface area contributed by atoms with E-state index in [1.165, 1.54) is 6.42 Å². The Bertz CT molecular complexity index is 389. The number of carbonyl (C=O) groups excluding carboxylic acids is 1. The van der Waals surface area contributed by atoms with E-state index in [1.54, 1.807) is 0 Å². The Morgan fingerprint density at radius 2 is 2.06 bits per heavy atom. The van der Waals surface area contributed by atoms with Crippen LogP contribution in [0.1, 0.15) is 32.1 Å². The fraction of sp³-hybridized carbons (Fsp3) is 0.909. The second kappa shape index (κ2) is 4.94. The molecule has 3 atom stereocenters. The van der Waals surface area contributed by atoms with Crippen molar-refractivity contribution in [3.05, 3.63) is 0 Å². The third-order valence-electron chi connectivity index (χ3n) is 3.83. The normalized spacial score (nSPS) is 31.7. The molecule has 3 unspecified atom stereocenters. The molecule has 0 radical (unpaired) electrons. The number of ether oxygens (including phenoxy) is 1. The first kappa shape index (κ1) is 12.8. The Labute approximate surface area is 101 Å². The third-order valence-corrected chi connectivity index (χ3v) is 4.64. The van der Waals surface area contributed by atoms with Crippen LogP contribution >= 0.6 is 0 Å². The van der Waals surface area contributed by atoms with Gasteiger partial charge in [-0.2, -0.15) is 8.42 Å². The van der Waals surface area contributed by atoms with E-state index in [-0.39, 0.29) is 30.7 Å². The number of hydrogen-bond donors (Lipinski definition) is 1. The number of esters is 1. The van der Waals surface area contributed by atoms with E-state index in [9.17, 15) is 13.2 Å². The maximum atomic E-state index is 11.7. The van der Waals surface area contributed by atoms with Crippen molar-refractivity contribution in [2.75, 3.05) is 12.4 Å². The molecular weight excluding hydrogens is 244 g/mol. The number of hydrogen-bond acceptors (Lipinski definition) is 4. The molecule has 0 heterocycles. The molecule has 2 aliphatic carbocycles. The molecule has 1 N–H and O–H groups in total. The highest BCUT2D eigenvalue weighted by molar-refractivity contribution is 7.85. The molecule has 2 fully saturated rings. The van der Waals surface area contributed by atoms with E-state index in [2.05, 4.69) is 0 Å². The average molecular weight is 262 g/mol. The van der Waals surface area contributed by atoms with E-state index >= 15 is 0 Å². The SMILES string of the molecule is O=C(OCCCS(=O)(=O)O)C1CC2CCC1C2. The molecule has 0 spiro atoms. The molecular formula is C11H18O5S. The highest BCUT2D eigenvalue weighted by atomic mass is 32.2. The summed E-state index contributed by atoms with van der Waals surface area (Å²) < 4.78 is 34.5. The lowest BCUT2D eigenvalue weighted by Crippen LogP contribution is -2.24. The minimum atomic E-state index is -3.94. The number of carbonyl (C=O) groups is 1. The zero-order chi connectivity index (χ0) is 12.5. The molecule has 2 rings (SSSR count). The van der Waals surface area contributed by atoms with Gasteiger partial charge in [0.15, 0.2) is 0 Å². The first-order chi connectivity index (χ1) is 7.96. The third kappa shape index (κ3) is 3.42. The van der Waals surface area contributed by atoms with Crippen molar-refractivity contribution < 1.29 is 22.5 Å². The van der Waals surface area contributed by atoms with Gasteiger partial charge in [-0.15, -0.1) is 0 Å². The fourth-order valence-corrected chi connectivity index (χ4v) is 3.54. The van der Waals surface area contributed by atoms with Crippen molar-refractivity contribution in [1.82, 2.24) is 0 Å². The van der Waals surface area contributed by atoms with Gasteiger partial charge < -0.3 is 4.74 Å². The van der Waals surface area contributed by atoms with Gasteiger partial charge in [0.1, 0.15) is 0 Å². The van der Waals surface area contributed by atoms with Crippen LogP contribution in [0.5, 0.6) is 0 Å². The van der Waals surface area contributed by atoms with E-state index < -0.39 is 10.1 Å². The van der Waals surface area contributed by atoms with Crippen molar-refractivity contribution in [1.29, 1.82) is 0 Å². The Morgan fingerprint density at radius 1 is 1.29 bits per heavy atom. The van der Waals surface area contributed by atoms with E-state index in [0.717, 1.165) is 19.3 Å². The zero-order valence-electron chi connectivity index (χ0n) is 9.67. The molecule has 17 heavy (non-hydrogen) atoms. The molecule has 2 saturated carbocycles. The van der Waals surface area contributed by atoms with Crippen molar-refractivity contribution >= 4 is 16.1 Å². The van der Waals surface area contributed by atoms with Crippen molar-refractivity contribution in [2.45, 2.75) is 32.1 Å². The first-order valence-electron chi connectivity index (χ1n) is 6.07. The van der Waals surface area contributed by atoms with Gasteiger partial charge in [-0.25, -0.2) is 0 Å². The van der Waals surface area contributed by atoms with Gasteiger partial charge in [0, 0.05) is 0 Å². The molecule has 2 aliphatic rings. The minimum Gasteiger partial charge on any atom is -0.465 e. The molecule has 0 aromatic rings. The Morgan fingerprint density at radius 3 is 2.59 bits per heavy atom. The highest BCUT2D eigenvalue weighted by Gasteiger charge is 2.43. The van der Waals surface area contributed by atoms with E-state index in [4.69, 9.17) is 9.29 Å². The van der Waals surface area contributed by atoms with Gasteiger partial charge in [-0.3, -0.25) is 9.35 Å². The molecule has 0 aromatic heterocycles. The minimum absolute atomic E-state index is 0.0273. The summed E-state index contributed by atoms with van der Waals surface area (Å²) in [4.78, 5) is 11.7. The summed E-state index contributed by atoms with van der Waals surface area (Å²) in [5, 5.41) is 0. The van der Waals surface area contributed by atoms with E-state index in [1.807, 2.05) is 0 Å². The van der Waals surface area contributed by atoms with Crippen molar-refractivity contribution in [3.63, 3.8) is 0 Å². The molecule has 2 bridgehead atoms. The summed E-state index contributed by atoms with van der Waals surface area (Å²) in [6, 6.07) is 0. The summed E-state index contributed by atoms with van der Waals surface area (Å²) in [6.45, 7) is 0.0759. The van der Waals surface area contributed by atoms with Gasteiger partial charge in [0.05, 0.1) is 18.3 Å². The molecule has 0 aliphatic heterocycles. The summed E-state index contributed by atoms with van der Waals surface area (Å²) in [7, 11) is -3.94. The van der Waals surface area contributed by atoms with Gasteiger partial charge >= 0.3 is 5.97 Å². The van der Waals surface area contributed by atoms with E-state index in [0.29, 0.717) is 11.8 Å². The monoisotopic (exact) mass is 262 g/mol. The number of rotatable bonds is 5. The van der Waals surface area contributed by atoms with Crippen LogP contribution in [0.2, 0.25) is 0 Å². The zero-order valence-corrected chi connectivity index (χ0v) is 10.5. The van der Waals surface area contributed by atoms with Crippen LogP contribution in [-0.4, -0.2) is 31.3 Å². The summed E-state index contributed by atoms with van der Waals surface area (Å²) in [6.07, 6.45) is 4.59. The topological polar surface area (TPSA) is 80.7 Å². The predicted octanol–water partition coefficient (Wildman–Crippen LogP) is 1.24. The average Bonchev–Trinajstić information content (AvgIpc) is 2.84. The summed E-state index contributed by atoms with van der Waals surface area (Å²) in [5.41, 5.74) is 0. The Kier molecular flexibility index (Phi) is 3.73. The summed E-state index contributed by atoms with van der Waals surface area (Å²) in [5.74, 6) is 0.660. The number of fused-ring (bicyclic) bond motifs is 2. The van der Waals surface area contributed by atoms with Crippen molar-refractivity contribution in [3.8, 4) is 0 Å². The van der Waals surface area contributed by atoms with Crippen LogP contribution in [0, 0.1) is 17.8 Å². The van der Waals surface area contributed by atoms with Gasteiger partial charge in [0.25, 0.3) is 10.1 Å². The lowest BCUT2D eigenvalue weighted by Gasteiger charge is -2.19. The van der Waals surface area contributed by atoms with Crippen molar-refractivity contribution in [2.24, 2.45) is 17.8 Å². The molecule has 5 nitrogen and oxygen atoms in total. The lowest BCUT2D eigenvalue weighted by molar-refractivity contribution is -0.150. The molecule has 98 valence electrons. The highest BCUT2D eigenvalue weighted by Crippen LogP contribution is 2.48. The van der Waals surface area contributed by atoms with Crippen LogP contribution < -0.4 is 0 Å². The van der Waals surface area contributed by atoms with Gasteiger partial charge in [-0.1, -0.05) is 6.42 Å². The standard InChI is InChI=1S/C11H18O5S/c12-11(16-4-1-5-17(13,14)15)10-7-8-2-3-9(10)6-8/h8-10H,1-7H2,(H,13,14,15).